The number of rotatable bonds is 10. The molecule has 0 fully saturated rings. The van der Waals surface area contributed by atoms with E-state index < -0.39 is 0 Å². The van der Waals surface area contributed by atoms with Gasteiger partial charge in [0, 0.05) is 12.6 Å². The second-order valence-electron chi connectivity index (χ2n) is 5.39. The Kier molecular flexibility index (Phi) is 8.31. The quantitative estimate of drug-likeness (QED) is 0.711. The fourth-order valence-corrected chi connectivity index (χ4v) is 2.47. The van der Waals surface area contributed by atoms with Gasteiger partial charge in [-0.15, -0.1) is 0 Å². The molecule has 0 aromatic heterocycles. The van der Waals surface area contributed by atoms with E-state index in [1.54, 1.807) is 7.11 Å². The smallest absolute Gasteiger partial charge is 0.118 e. The molecule has 1 N–H and O–H groups in total. The first-order chi connectivity index (χ1) is 9.69. The molecule has 0 aliphatic heterocycles. The summed E-state index contributed by atoms with van der Waals surface area (Å²) in [7, 11) is 3.90. The average molecular weight is 278 g/mol. The zero-order valence-corrected chi connectivity index (χ0v) is 13.5. The van der Waals surface area contributed by atoms with E-state index in [1.807, 2.05) is 12.1 Å². The highest BCUT2D eigenvalue weighted by Gasteiger charge is 2.05. The number of hydrogen-bond acceptors (Lipinski definition) is 3. The molecule has 0 aliphatic carbocycles. The molecular weight excluding hydrogens is 248 g/mol. The molecule has 3 heteroatoms. The molecule has 0 amide bonds. The van der Waals surface area contributed by atoms with Gasteiger partial charge >= 0.3 is 0 Å². The largest absolute Gasteiger partial charge is 0.497 e. The van der Waals surface area contributed by atoms with E-state index in [4.69, 9.17) is 4.74 Å². The fourth-order valence-electron chi connectivity index (χ4n) is 2.47. The van der Waals surface area contributed by atoms with Crippen molar-refractivity contribution < 1.29 is 4.74 Å². The Labute approximate surface area is 124 Å². The van der Waals surface area contributed by atoms with Crippen LogP contribution in [0.3, 0.4) is 0 Å². The lowest BCUT2D eigenvalue weighted by Gasteiger charge is -2.20. The highest BCUT2D eigenvalue weighted by Crippen LogP contribution is 2.13. The van der Waals surface area contributed by atoms with Gasteiger partial charge in [-0.1, -0.05) is 26.0 Å². The first-order valence-electron chi connectivity index (χ1n) is 7.74. The van der Waals surface area contributed by atoms with Crippen molar-refractivity contribution in [2.45, 2.75) is 45.7 Å². The van der Waals surface area contributed by atoms with Gasteiger partial charge in [0.2, 0.25) is 0 Å². The molecule has 1 aromatic carbocycles. The number of ether oxygens (including phenoxy) is 1. The molecule has 20 heavy (non-hydrogen) atoms. The molecule has 1 aromatic rings. The van der Waals surface area contributed by atoms with Crippen molar-refractivity contribution in [2.75, 3.05) is 27.2 Å². The molecule has 0 spiro atoms. The Morgan fingerprint density at radius 2 is 1.90 bits per heavy atom. The van der Waals surface area contributed by atoms with Crippen molar-refractivity contribution in [3.8, 4) is 5.75 Å². The molecule has 0 bridgehead atoms. The molecule has 1 unspecified atom stereocenters. The Hall–Kier alpha value is -1.06. The second kappa shape index (κ2) is 9.78. The van der Waals surface area contributed by atoms with E-state index in [0.29, 0.717) is 6.04 Å². The molecule has 0 radical (unpaired) electrons. The van der Waals surface area contributed by atoms with Crippen molar-refractivity contribution in [1.29, 1.82) is 0 Å². The zero-order valence-electron chi connectivity index (χ0n) is 13.5. The summed E-state index contributed by atoms with van der Waals surface area (Å²) in [4.78, 5) is 2.39. The highest BCUT2D eigenvalue weighted by atomic mass is 16.5. The van der Waals surface area contributed by atoms with Crippen LogP contribution in [0.2, 0.25) is 0 Å². The van der Waals surface area contributed by atoms with Crippen LogP contribution in [0, 0.1) is 0 Å². The number of hydrogen-bond donors (Lipinski definition) is 1. The van der Waals surface area contributed by atoms with Gasteiger partial charge in [-0.05, 0) is 57.1 Å². The predicted octanol–water partition coefficient (Wildman–Crippen LogP) is 3.30. The molecule has 114 valence electrons. The molecular formula is C17H30N2O. The van der Waals surface area contributed by atoms with Gasteiger partial charge in [0.1, 0.15) is 5.75 Å². The van der Waals surface area contributed by atoms with Crippen LogP contribution in [0.4, 0.5) is 0 Å². The van der Waals surface area contributed by atoms with Crippen molar-refractivity contribution >= 4 is 0 Å². The topological polar surface area (TPSA) is 24.5 Å². The monoisotopic (exact) mass is 278 g/mol. The van der Waals surface area contributed by atoms with E-state index in [1.165, 1.54) is 24.8 Å². The third-order valence-corrected chi connectivity index (χ3v) is 3.69. The first-order valence-corrected chi connectivity index (χ1v) is 7.74. The van der Waals surface area contributed by atoms with Crippen molar-refractivity contribution in [3.05, 3.63) is 29.8 Å². The van der Waals surface area contributed by atoms with Gasteiger partial charge in [0.15, 0.2) is 0 Å². The minimum atomic E-state index is 0.675. The summed E-state index contributed by atoms with van der Waals surface area (Å²) in [6.45, 7) is 7.66. The molecule has 0 saturated heterocycles. The van der Waals surface area contributed by atoms with Crippen LogP contribution in [-0.2, 0) is 6.54 Å². The van der Waals surface area contributed by atoms with Gasteiger partial charge < -0.3 is 15.0 Å². The maximum absolute atomic E-state index is 5.18. The van der Waals surface area contributed by atoms with Crippen LogP contribution in [0.1, 0.15) is 38.7 Å². The molecule has 3 nitrogen and oxygen atoms in total. The molecule has 0 saturated carbocycles. The Bertz CT molecular complexity index is 351. The van der Waals surface area contributed by atoms with Gasteiger partial charge in [-0.25, -0.2) is 0 Å². The van der Waals surface area contributed by atoms with Crippen molar-refractivity contribution in [2.24, 2.45) is 0 Å². The normalized spacial score (nSPS) is 12.7. The maximum atomic E-state index is 5.18. The summed E-state index contributed by atoms with van der Waals surface area (Å²) in [6, 6.07) is 9.02. The van der Waals surface area contributed by atoms with Crippen LogP contribution in [0.15, 0.2) is 24.3 Å². The highest BCUT2D eigenvalue weighted by molar-refractivity contribution is 5.26. The second-order valence-corrected chi connectivity index (χ2v) is 5.39. The summed E-state index contributed by atoms with van der Waals surface area (Å²) in [5.41, 5.74) is 1.34. The van der Waals surface area contributed by atoms with E-state index >= 15 is 0 Å². The maximum Gasteiger partial charge on any atom is 0.118 e. The molecule has 0 aliphatic rings. The summed E-state index contributed by atoms with van der Waals surface area (Å²) in [5, 5.41) is 3.54. The van der Waals surface area contributed by atoms with Crippen LogP contribution >= 0.6 is 0 Å². The average Bonchev–Trinajstić information content (AvgIpc) is 2.47. The van der Waals surface area contributed by atoms with E-state index in [-0.39, 0.29) is 0 Å². The van der Waals surface area contributed by atoms with Gasteiger partial charge in [0.25, 0.3) is 0 Å². The summed E-state index contributed by atoms with van der Waals surface area (Å²) in [5.74, 6) is 0.924. The lowest BCUT2D eigenvalue weighted by atomic mass is 10.1. The van der Waals surface area contributed by atoms with E-state index in [2.05, 4.69) is 43.2 Å². The summed E-state index contributed by atoms with van der Waals surface area (Å²) < 4.78 is 5.18. The van der Waals surface area contributed by atoms with Crippen molar-refractivity contribution in [1.82, 2.24) is 10.2 Å². The Morgan fingerprint density at radius 1 is 1.20 bits per heavy atom. The number of benzene rings is 1. The summed E-state index contributed by atoms with van der Waals surface area (Å²) >= 11 is 0. The SMILES string of the molecule is CCNC(CC)CCCN(C)Cc1ccc(OC)cc1. The Morgan fingerprint density at radius 3 is 2.45 bits per heavy atom. The van der Waals surface area contributed by atoms with E-state index in [9.17, 15) is 0 Å². The third-order valence-electron chi connectivity index (χ3n) is 3.69. The minimum Gasteiger partial charge on any atom is -0.497 e. The van der Waals surface area contributed by atoms with Gasteiger partial charge in [-0.2, -0.15) is 0 Å². The van der Waals surface area contributed by atoms with Crippen LogP contribution in [0.25, 0.3) is 0 Å². The lowest BCUT2D eigenvalue weighted by Crippen LogP contribution is -2.29. The molecule has 1 atom stereocenters. The van der Waals surface area contributed by atoms with Crippen LogP contribution in [-0.4, -0.2) is 38.2 Å². The standard InChI is InChI=1S/C17H30N2O/c1-5-16(18-6-2)8-7-13-19(3)14-15-9-11-17(20-4)12-10-15/h9-12,16,18H,5-8,13-14H2,1-4H3. The molecule has 1 rings (SSSR count). The number of methoxy groups -OCH3 is 1. The van der Waals surface area contributed by atoms with Gasteiger partial charge in [-0.3, -0.25) is 0 Å². The Balaban J connectivity index is 2.26. The predicted molar refractivity (Wildman–Crippen MR) is 86.3 cm³/mol. The summed E-state index contributed by atoms with van der Waals surface area (Å²) in [6.07, 6.45) is 3.73. The minimum absolute atomic E-state index is 0.675. The zero-order chi connectivity index (χ0) is 14.8. The molecule has 0 heterocycles. The third kappa shape index (κ3) is 6.40. The lowest BCUT2D eigenvalue weighted by molar-refractivity contribution is 0.307. The van der Waals surface area contributed by atoms with Crippen LogP contribution in [0.5, 0.6) is 5.75 Å². The van der Waals surface area contributed by atoms with Gasteiger partial charge in [0.05, 0.1) is 7.11 Å². The number of nitrogens with one attached hydrogen (secondary N) is 1. The van der Waals surface area contributed by atoms with Crippen LogP contribution < -0.4 is 10.1 Å². The van der Waals surface area contributed by atoms with Crippen molar-refractivity contribution in [3.63, 3.8) is 0 Å². The first kappa shape index (κ1) is 17.0. The fraction of sp³-hybridized carbons (Fsp3) is 0.647. The van der Waals surface area contributed by atoms with E-state index in [0.717, 1.165) is 25.4 Å². The number of nitrogens with zero attached hydrogens (tertiary/aromatic N) is 1.